The summed E-state index contributed by atoms with van der Waals surface area (Å²) in [6, 6.07) is 5.59. The molecule has 0 aromatic heterocycles. The molecule has 7 nitrogen and oxygen atoms in total. The summed E-state index contributed by atoms with van der Waals surface area (Å²) in [5.74, 6) is -0.960. The van der Waals surface area contributed by atoms with Crippen molar-refractivity contribution in [2.24, 2.45) is 5.92 Å². The van der Waals surface area contributed by atoms with E-state index in [0.29, 0.717) is 5.69 Å². The zero-order valence-electron chi connectivity index (χ0n) is 12.1. The first-order chi connectivity index (χ1) is 10.6. The Labute approximate surface area is 127 Å². The van der Waals surface area contributed by atoms with E-state index in [1.165, 1.54) is 24.3 Å². The van der Waals surface area contributed by atoms with Crippen LogP contribution in [0.5, 0.6) is 0 Å². The molecule has 22 heavy (non-hydrogen) atoms. The van der Waals surface area contributed by atoms with Gasteiger partial charge in [0, 0.05) is 17.8 Å². The highest BCUT2D eigenvalue weighted by atomic mass is 16.6. The Morgan fingerprint density at radius 2 is 2.00 bits per heavy atom. The molecular weight excluding hydrogens is 288 g/mol. The number of nitro groups is 1. The number of esters is 1. The van der Waals surface area contributed by atoms with E-state index in [-0.39, 0.29) is 24.2 Å². The Bertz CT molecular complexity index is 567. The number of rotatable bonds is 5. The quantitative estimate of drug-likeness (QED) is 0.512. The minimum atomic E-state index is -0.543. The number of carbonyl (C=O) groups is 2. The summed E-state index contributed by atoms with van der Waals surface area (Å²) in [6.07, 6.45) is 4.78. The SMILES string of the molecule is O=C(COC(=O)C1CCCCC1)Nc1cccc([N+](=O)[O-])c1. The number of non-ortho nitro benzene ring substituents is 1. The van der Waals surface area contributed by atoms with Crippen LogP contribution in [0.4, 0.5) is 11.4 Å². The van der Waals surface area contributed by atoms with Crippen LogP contribution in [0, 0.1) is 16.0 Å². The van der Waals surface area contributed by atoms with E-state index in [1.54, 1.807) is 0 Å². The molecule has 1 amide bonds. The molecule has 0 spiro atoms. The lowest BCUT2D eigenvalue weighted by Gasteiger charge is -2.19. The van der Waals surface area contributed by atoms with Gasteiger partial charge in [-0.05, 0) is 18.9 Å². The lowest BCUT2D eigenvalue weighted by molar-refractivity contribution is -0.384. The van der Waals surface area contributed by atoms with Crippen molar-refractivity contribution >= 4 is 23.3 Å². The van der Waals surface area contributed by atoms with Crippen molar-refractivity contribution in [3.8, 4) is 0 Å². The molecule has 1 aliphatic rings. The van der Waals surface area contributed by atoms with Gasteiger partial charge in [0.15, 0.2) is 6.61 Å². The number of nitrogens with one attached hydrogen (secondary N) is 1. The van der Waals surface area contributed by atoms with Crippen molar-refractivity contribution in [1.82, 2.24) is 0 Å². The van der Waals surface area contributed by atoms with Gasteiger partial charge in [0.25, 0.3) is 11.6 Å². The Kier molecular flexibility index (Phi) is 5.46. The number of hydrogen-bond acceptors (Lipinski definition) is 5. The maximum absolute atomic E-state index is 11.8. The monoisotopic (exact) mass is 306 g/mol. The maximum atomic E-state index is 11.8. The first kappa shape index (κ1) is 15.9. The van der Waals surface area contributed by atoms with Crippen molar-refractivity contribution < 1.29 is 19.2 Å². The van der Waals surface area contributed by atoms with Crippen LogP contribution in [0.1, 0.15) is 32.1 Å². The molecule has 0 aliphatic heterocycles. The fourth-order valence-electron chi connectivity index (χ4n) is 2.49. The predicted molar refractivity (Wildman–Crippen MR) is 79.3 cm³/mol. The molecule has 0 radical (unpaired) electrons. The molecule has 0 bridgehead atoms. The number of amides is 1. The number of ether oxygens (including phenoxy) is 1. The average Bonchev–Trinajstić information content (AvgIpc) is 2.53. The summed E-state index contributed by atoms with van der Waals surface area (Å²) >= 11 is 0. The molecule has 118 valence electrons. The summed E-state index contributed by atoms with van der Waals surface area (Å²) in [5, 5.41) is 13.1. The smallest absolute Gasteiger partial charge is 0.309 e. The van der Waals surface area contributed by atoms with E-state index in [2.05, 4.69) is 5.32 Å². The van der Waals surface area contributed by atoms with E-state index >= 15 is 0 Å². The summed E-state index contributed by atoms with van der Waals surface area (Å²) in [4.78, 5) is 33.6. The molecular formula is C15H18N2O5. The Hall–Kier alpha value is -2.44. The molecule has 1 saturated carbocycles. The third-order valence-corrected chi connectivity index (χ3v) is 3.62. The highest BCUT2D eigenvalue weighted by Crippen LogP contribution is 2.24. The molecule has 1 aliphatic carbocycles. The number of benzene rings is 1. The number of nitro benzene ring substituents is 1. The van der Waals surface area contributed by atoms with Crippen molar-refractivity contribution in [3.05, 3.63) is 34.4 Å². The largest absolute Gasteiger partial charge is 0.455 e. The standard InChI is InChI=1S/C15H18N2O5/c18-14(10-22-15(19)11-5-2-1-3-6-11)16-12-7-4-8-13(9-12)17(20)21/h4,7-9,11H,1-3,5-6,10H2,(H,16,18). The van der Waals surface area contributed by atoms with Gasteiger partial charge < -0.3 is 10.1 Å². The van der Waals surface area contributed by atoms with Crippen LogP contribution in [0.3, 0.4) is 0 Å². The number of anilines is 1. The molecule has 1 N–H and O–H groups in total. The molecule has 7 heteroatoms. The van der Waals surface area contributed by atoms with Gasteiger partial charge in [-0.2, -0.15) is 0 Å². The van der Waals surface area contributed by atoms with Gasteiger partial charge in [-0.15, -0.1) is 0 Å². The normalized spacial score (nSPS) is 15.1. The van der Waals surface area contributed by atoms with Gasteiger partial charge in [0.1, 0.15) is 0 Å². The van der Waals surface area contributed by atoms with E-state index < -0.39 is 10.8 Å². The van der Waals surface area contributed by atoms with E-state index in [1.807, 2.05) is 0 Å². The van der Waals surface area contributed by atoms with E-state index in [9.17, 15) is 19.7 Å². The first-order valence-corrected chi connectivity index (χ1v) is 7.27. The van der Waals surface area contributed by atoms with Crippen LogP contribution in [-0.4, -0.2) is 23.4 Å². The molecule has 0 saturated heterocycles. The van der Waals surface area contributed by atoms with E-state index in [0.717, 1.165) is 32.1 Å². The third kappa shape index (κ3) is 4.54. The fraction of sp³-hybridized carbons (Fsp3) is 0.467. The zero-order valence-corrected chi connectivity index (χ0v) is 12.1. The highest BCUT2D eigenvalue weighted by Gasteiger charge is 2.23. The van der Waals surface area contributed by atoms with Crippen molar-refractivity contribution in [2.75, 3.05) is 11.9 Å². The minimum Gasteiger partial charge on any atom is -0.455 e. The summed E-state index contributed by atoms with van der Waals surface area (Å²) in [5.41, 5.74) is 0.185. The van der Waals surface area contributed by atoms with Gasteiger partial charge in [-0.25, -0.2) is 0 Å². The molecule has 1 fully saturated rings. The molecule has 0 heterocycles. The summed E-state index contributed by atoms with van der Waals surface area (Å²) in [7, 11) is 0. The van der Waals surface area contributed by atoms with Crippen molar-refractivity contribution in [3.63, 3.8) is 0 Å². The number of carbonyl (C=O) groups excluding carboxylic acids is 2. The van der Waals surface area contributed by atoms with Crippen LogP contribution in [0.2, 0.25) is 0 Å². The van der Waals surface area contributed by atoms with Crippen LogP contribution >= 0.6 is 0 Å². The first-order valence-electron chi connectivity index (χ1n) is 7.27. The molecule has 0 atom stereocenters. The Morgan fingerprint density at radius 1 is 1.27 bits per heavy atom. The molecule has 1 aromatic rings. The highest BCUT2D eigenvalue weighted by molar-refractivity contribution is 5.93. The second-order valence-electron chi connectivity index (χ2n) is 5.30. The second kappa shape index (κ2) is 7.53. The predicted octanol–water partition coefficient (Wildman–Crippen LogP) is 2.66. The topological polar surface area (TPSA) is 98.5 Å². The van der Waals surface area contributed by atoms with Crippen molar-refractivity contribution in [2.45, 2.75) is 32.1 Å². The summed E-state index contributed by atoms with van der Waals surface area (Å²) in [6.45, 7) is -0.377. The number of hydrogen-bond donors (Lipinski definition) is 1. The van der Waals surface area contributed by atoms with Gasteiger partial charge >= 0.3 is 5.97 Å². The van der Waals surface area contributed by atoms with Crippen LogP contribution < -0.4 is 5.32 Å². The van der Waals surface area contributed by atoms with Gasteiger partial charge in [-0.3, -0.25) is 19.7 Å². The maximum Gasteiger partial charge on any atom is 0.309 e. The number of nitrogens with zero attached hydrogens (tertiary/aromatic N) is 1. The van der Waals surface area contributed by atoms with Gasteiger partial charge in [-0.1, -0.05) is 25.3 Å². The lowest BCUT2D eigenvalue weighted by Crippen LogP contribution is -2.26. The van der Waals surface area contributed by atoms with Gasteiger partial charge in [0.05, 0.1) is 10.8 Å². The Morgan fingerprint density at radius 3 is 2.68 bits per heavy atom. The summed E-state index contributed by atoms with van der Waals surface area (Å²) < 4.78 is 5.01. The molecule has 0 unspecified atom stereocenters. The van der Waals surface area contributed by atoms with Crippen molar-refractivity contribution in [1.29, 1.82) is 0 Å². The van der Waals surface area contributed by atoms with E-state index in [4.69, 9.17) is 4.74 Å². The third-order valence-electron chi connectivity index (χ3n) is 3.62. The second-order valence-corrected chi connectivity index (χ2v) is 5.30. The molecule has 1 aromatic carbocycles. The van der Waals surface area contributed by atoms with Crippen LogP contribution in [0.15, 0.2) is 24.3 Å². The lowest BCUT2D eigenvalue weighted by atomic mass is 9.89. The minimum absolute atomic E-state index is 0.112. The van der Waals surface area contributed by atoms with Crippen LogP contribution in [0.25, 0.3) is 0 Å². The fourth-order valence-corrected chi connectivity index (χ4v) is 2.49. The van der Waals surface area contributed by atoms with Crippen LogP contribution in [-0.2, 0) is 14.3 Å². The molecule has 2 rings (SSSR count). The van der Waals surface area contributed by atoms with Gasteiger partial charge in [0.2, 0.25) is 0 Å². The zero-order chi connectivity index (χ0) is 15.9. The average molecular weight is 306 g/mol. The Balaban J connectivity index is 1.81.